The highest BCUT2D eigenvalue weighted by Crippen LogP contribution is 2.15. The zero-order valence-corrected chi connectivity index (χ0v) is 30.4. The Hall–Kier alpha value is -1.36. The zero-order valence-electron chi connectivity index (χ0n) is 30.4. The first-order valence-electron chi connectivity index (χ1n) is 19.8. The Morgan fingerprint density at radius 1 is 0.556 bits per heavy atom. The summed E-state index contributed by atoms with van der Waals surface area (Å²) >= 11 is 0. The van der Waals surface area contributed by atoms with Crippen molar-refractivity contribution in [1.29, 1.82) is 0 Å². The highest BCUT2D eigenvalue weighted by atomic mass is 16.5. The van der Waals surface area contributed by atoms with Gasteiger partial charge in [-0.05, 0) is 31.8 Å². The number of aliphatic hydroxyl groups is 1. The molecule has 0 saturated heterocycles. The van der Waals surface area contributed by atoms with Gasteiger partial charge in [0.05, 0.1) is 12.6 Å². The molecule has 0 aliphatic rings. The summed E-state index contributed by atoms with van der Waals surface area (Å²) < 4.78 is 5.86. The number of hydrogen-bond acceptors (Lipinski definition) is 4. The molecule has 0 rings (SSSR count). The Morgan fingerprint density at radius 3 is 1.36 bits per heavy atom. The number of nitrogens with one attached hydrogen (secondary N) is 1. The van der Waals surface area contributed by atoms with Gasteiger partial charge in [0, 0.05) is 12.8 Å². The molecule has 5 heteroatoms. The van der Waals surface area contributed by atoms with Crippen molar-refractivity contribution >= 4 is 11.9 Å². The van der Waals surface area contributed by atoms with Gasteiger partial charge in [-0.1, -0.05) is 181 Å². The lowest BCUT2D eigenvalue weighted by Gasteiger charge is -2.24. The minimum atomic E-state index is -0.633. The molecular formula is C40H77NO4. The van der Waals surface area contributed by atoms with Gasteiger partial charge in [-0.15, -0.1) is 0 Å². The third-order valence-corrected chi connectivity index (χ3v) is 9.00. The number of hydrogen-bond donors (Lipinski definition) is 2. The molecular weight excluding hydrogens is 558 g/mol. The molecule has 1 amide bonds. The minimum absolute atomic E-state index is 0.0644. The van der Waals surface area contributed by atoms with E-state index in [2.05, 4.69) is 32.2 Å². The molecule has 0 aromatic heterocycles. The quantitative estimate of drug-likeness (QED) is 0.0413. The van der Waals surface area contributed by atoms with Crippen LogP contribution in [-0.2, 0) is 14.3 Å². The lowest BCUT2D eigenvalue weighted by atomic mass is 10.0. The molecule has 0 bridgehead atoms. The molecule has 0 aliphatic heterocycles. The normalized spacial score (nSPS) is 12.9. The Labute approximate surface area is 280 Å². The smallest absolute Gasteiger partial charge is 0.306 e. The summed E-state index contributed by atoms with van der Waals surface area (Å²) in [4.78, 5) is 25.5. The summed E-state index contributed by atoms with van der Waals surface area (Å²) in [6.07, 6.45) is 38.4. The van der Waals surface area contributed by atoms with Gasteiger partial charge < -0.3 is 15.2 Å². The monoisotopic (exact) mass is 636 g/mol. The second-order valence-corrected chi connectivity index (χ2v) is 13.5. The Balaban J connectivity index is 4.55. The van der Waals surface area contributed by atoms with Crippen molar-refractivity contribution in [3.63, 3.8) is 0 Å². The second-order valence-electron chi connectivity index (χ2n) is 13.5. The van der Waals surface area contributed by atoms with Crippen LogP contribution in [0, 0.1) is 0 Å². The summed E-state index contributed by atoms with van der Waals surface area (Å²) in [6.45, 7) is 6.49. The number of ether oxygens (including phenoxy) is 1. The third kappa shape index (κ3) is 31.0. The lowest BCUT2D eigenvalue weighted by molar-refractivity contribution is -0.149. The van der Waals surface area contributed by atoms with E-state index in [1.165, 1.54) is 135 Å². The molecule has 5 nitrogen and oxygen atoms in total. The standard InChI is InChI=1S/C40H77NO4/c1-4-7-10-13-16-19-20-23-25-28-31-34-39(43)41-37(36-42)38(33-30-27-24-21-17-14-11-8-5-2)45-40(44)35-32-29-26-22-18-15-12-9-6-3/h30,33,37-38,42H,4-29,31-32,34-36H2,1-3H3,(H,41,43)/b33-30+. The predicted octanol–water partition coefficient (Wildman–Crippen LogP) is 11.7. The fraction of sp³-hybridized carbons (Fsp3) is 0.900. The molecule has 0 heterocycles. The number of esters is 1. The predicted molar refractivity (Wildman–Crippen MR) is 194 cm³/mol. The fourth-order valence-corrected chi connectivity index (χ4v) is 5.96. The van der Waals surface area contributed by atoms with E-state index in [4.69, 9.17) is 4.74 Å². The highest BCUT2D eigenvalue weighted by Gasteiger charge is 2.24. The van der Waals surface area contributed by atoms with Crippen molar-refractivity contribution in [2.45, 2.75) is 226 Å². The van der Waals surface area contributed by atoms with Crippen LogP contribution in [0.2, 0.25) is 0 Å². The van der Waals surface area contributed by atoms with Crippen molar-refractivity contribution in [1.82, 2.24) is 5.32 Å². The van der Waals surface area contributed by atoms with Crippen LogP contribution in [0.1, 0.15) is 213 Å². The van der Waals surface area contributed by atoms with Crippen molar-refractivity contribution in [2.24, 2.45) is 0 Å². The van der Waals surface area contributed by atoms with Crippen molar-refractivity contribution in [3.05, 3.63) is 12.2 Å². The molecule has 45 heavy (non-hydrogen) atoms. The zero-order chi connectivity index (χ0) is 33.1. The van der Waals surface area contributed by atoms with Crippen LogP contribution in [0.3, 0.4) is 0 Å². The van der Waals surface area contributed by atoms with Gasteiger partial charge in [-0.3, -0.25) is 9.59 Å². The average molecular weight is 636 g/mol. The largest absolute Gasteiger partial charge is 0.456 e. The van der Waals surface area contributed by atoms with Gasteiger partial charge in [0.2, 0.25) is 5.91 Å². The first kappa shape index (κ1) is 43.6. The Kier molecular flexibility index (Phi) is 34.4. The molecule has 0 spiro atoms. The molecule has 266 valence electrons. The van der Waals surface area contributed by atoms with Crippen LogP contribution in [0.25, 0.3) is 0 Å². The van der Waals surface area contributed by atoms with E-state index < -0.39 is 12.1 Å². The number of unbranched alkanes of at least 4 members (excludes halogenated alkanes) is 25. The summed E-state index contributed by atoms with van der Waals surface area (Å²) in [5, 5.41) is 13.1. The molecule has 0 aliphatic carbocycles. The minimum Gasteiger partial charge on any atom is -0.456 e. The van der Waals surface area contributed by atoms with E-state index in [0.717, 1.165) is 44.9 Å². The average Bonchev–Trinajstić information content (AvgIpc) is 3.04. The maximum Gasteiger partial charge on any atom is 0.306 e. The first-order valence-corrected chi connectivity index (χ1v) is 19.8. The van der Waals surface area contributed by atoms with Crippen molar-refractivity contribution < 1.29 is 19.4 Å². The summed E-state index contributed by atoms with van der Waals surface area (Å²) in [5.74, 6) is -0.299. The van der Waals surface area contributed by atoms with Gasteiger partial charge in [0.15, 0.2) is 0 Å². The summed E-state index contributed by atoms with van der Waals surface area (Å²) in [6, 6.07) is -0.609. The van der Waals surface area contributed by atoms with Gasteiger partial charge in [-0.25, -0.2) is 0 Å². The van der Waals surface area contributed by atoms with Crippen molar-refractivity contribution in [3.8, 4) is 0 Å². The lowest BCUT2D eigenvalue weighted by Crippen LogP contribution is -2.46. The van der Waals surface area contributed by atoms with E-state index in [0.29, 0.717) is 12.8 Å². The Morgan fingerprint density at radius 2 is 0.933 bits per heavy atom. The summed E-state index contributed by atoms with van der Waals surface area (Å²) in [5.41, 5.74) is 0. The number of allylic oxidation sites excluding steroid dienone is 1. The van der Waals surface area contributed by atoms with Crippen LogP contribution < -0.4 is 5.32 Å². The van der Waals surface area contributed by atoms with E-state index in [-0.39, 0.29) is 18.5 Å². The molecule has 0 saturated carbocycles. The van der Waals surface area contributed by atoms with Gasteiger partial charge in [-0.2, -0.15) is 0 Å². The molecule has 0 radical (unpaired) electrons. The maximum atomic E-state index is 12.8. The Bertz CT molecular complexity index is 665. The molecule has 2 N–H and O–H groups in total. The topological polar surface area (TPSA) is 75.6 Å². The number of carbonyl (C=O) groups is 2. The molecule has 2 atom stereocenters. The number of carbonyl (C=O) groups excluding carboxylic acids is 2. The van der Waals surface area contributed by atoms with Crippen LogP contribution in [0.5, 0.6) is 0 Å². The van der Waals surface area contributed by atoms with Crippen molar-refractivity contribution in [2.75, 3.05) is 6.61 Å². The van der Waals surface area contributed by atoms with Crippen LogP contribution in [0.4, 0.5) is 0 Å². The van der Waals surface area contributed by atoms with E-state index in [9.17, 15) is 14.7 Å². The van der Waals surface area contributed by atoms with Crippen LogP contribution in [0.15, 0.2) is 12.2 Å². The SMILES string of the molecule is CCCCCCCCC/C=C/C(OC(=O)CCCCCCCCCCC)C(CO)NC(=O)CCCCCCCCCCCCC. The molecule has 2 unspecified atom stereocenters. The number of rotatable bonds is 35. The summed E-state index contributed by atoms with van der Waals surface area (Å²) in [7, 11) is 0. The van der Waals surface area contributed by atoms with E-state index >= 15 is 0 Å². The third-order valence-electron chi connectivity index (χ3n) is 9.00. The second kappa shape index (κ2) is 35.5. The fourth-order valence-electron chi connectivity index (χ4n) is 5.96. The van der Waals surface area contributed by atoms with Gasteiger partial charge >= 0.3 is 5.97 Å². The number of aliphatic hydroxyl groups excluding tert-OH is 1. The van der Waals surface area contributed by atoms with E-state index in [1.54, 1.807) is 0 Å². The van der Waals surface area contributed by atoms with Gasteiger partial charge in [0.1, 0.15) is 6.10 Å². The molecule has 0 aromatic carbocycles. The molecule has 0 fully saturated rings. The van der Waals surface area contributed by atoms with Crippen LogP contribution in [-0.4, -0.2) is 35.7 Å². The van der Waals surface area contributed by atoms with Gasteiger partial charge in [0.25, 0.3) is 0 Å². The molecule has 0 aromatic rings. The first-order chi connectivity index (χ1) is 22.1. The van der Waals surface area contributed by atoms with E-state index in [1.807, 2.05) is 6.08 Å². The maximum absolute atomic E-state index is 12.8. The number of amides is 1. The highest BCUT2D eigenvalue weighted by molar-refractivity contribution is 5.76. The van der Waals surface area contributed by atoms with Crippen LogP contribution >= 0.6 is 0 Å².